The summed E-state index contributed by atoms with van der Waals surface area (Å²) >= 11 is 1.87. The standard InChI is InChI=1S/C47H33NS/c1-47(2)41-17-9-7-15-37(41)40-28-34(23-25-42(40)47)48(35-22-24-39-38-16-8-10-18-44(38)49-45(39)29-35)43-26-21-31-12-5-6-14-36(31)46(43)33-20-19-30-11-3-4-13-32(30)27-33/h3-29H,1-2H3. The lowest BCUT2D eigenvalue weighted by Gasteiger charge is -2.30. The Labute approximate surface area is 290 Å². The van der Waals surface area contributed by atoms with Crippen molar-refractivity contribution in [2.24, 2.45) is 0 Å². The lowest BCUT2D eigenvalue weighted by atomic mass is 9.82. The minimum absolute atomic E-state index is 0.0511. The largest absolute Gasteiger partial charge is 0.310 e. The van der Waals surface area contributed by atoms with Gasteiger partial charge in [0.25, 0.3) is 0 Å². The molecule has 0 fully saturated rings. The summed E-state index contributed by atoms with van der Waals surface area (Å²) in [5, 5.41) is 7.60. The molecular weight excluding hydrogens is 611 g/mol. The van der Waals surface area contributed by atoms with Gasteiger partial charge < -0.3 is 4.90 Å². The Balaban J connectivity index is 1.27. The van der Waals surface area contributed by atoms with Crippen LogP contribution in [0.1, 0.15) is 25.0 Å². The van der Waals surface area contributed by atoms with E-state index >= 15 is 0 Å². The molecule has 0 unspecified atom stereocenters. The third-order valence-electron chi connectivity index (χ3n) is 10.6. The summed E-state index contributed by atoms with van der Waals surface area (Å²) in [4.78, 5) is 2.50. The second kappa shape index (κ2) is 10.7. The molecular formula is C47H33NS. The van der Waals surface area contributed by atoms with E-state index in [0.29, 0.717) is 0 Å². The summed E-state index contributed by atoms with van der Waals surface area (Å²) in [5.74, 6) is 0. The second-order valence-corrected chi connectivity index (χ2v) is 14.8. The van der Waals surface area contributed by atoms with Gasteiger partial charge in [-0.05, 0) is 91.8 Å². The van der Waals surface area contributed by atoms with Crippen molar-refractivity contribution in [1.29, 1.82) is 0 Å². The van der Waals surface area contributed by atoms with Crippen molar-refractivity contribution < 1.29 is 0 Å². The molecule has 2 heteroatoms. The zero-order chi connectivity index (χ0) is 32.7. The normalized spacial score (nSPS) is 13.3. The highest BCUT2D eigenvalue weighted by Gasteiger charge is 2.35. The zero-order valence-electron chi connectivity index (χ0n) is 27.4. The molecule has 1 aliphatic carbocycles. The molecule has 0 saturated carbocycles. The highest BCUT2D eigenvalue weighted by Crippen LogP contribution is 2.52. The molecule has 10 rings (SSSR count). The summed E-state index contributed by atoms with van der Waals surface area (Å²) in [5.41, 5.74) is 11.3. The van der Waals surface area contributed by atoms with Crippen LogP contribution in [0.3, 0.4) is 0 Å². The average Bonchev–Trinajstić information content (AvgIpc) is 3.63. The lowest BCUT2D eigenvalue weighted by Crippen LogP contribution is -2.15. The number of benzene rings is 8. The van der Waals surface area contributed by atoms with Gasteiger partial charge in [-0.15, -0.1) is 11.3 Å². The molecule has 49 heavy (non-hydrogen) atoms. The van der Waals surface area contributed by atoms with Crippen LogP contribution in [0.2, 0.25) is 0 Å². The Morgan fingerprint density at radius 2 is 1.10 bits per heavy atom. The van der Waals surface area contributed by atoms with E-state index in [1.807, 2.05) is 11.3 Å². The van der Waals surface area contributed by atoms with E-state index in [1.165, 1.54) is 80.8 Å². The van der Waals surface area contributed by atoms with Crippen molar-refractivity contribution in [1.82, 2.24) is 0 Å². The van der Waals surface area contributed by atoms with Crippen LogP contribution < -0.4 is 4.90 Å². The van der Waals surface area contributed by atoms with E-state index in [-0.39, 0.29) is 5.41 Å². The van der Waals surface area contributed by atoms with E-state index in [0.717, 1.165) is 11.4 Å². The molecule has 0 spiro atoms. The third-order valence-corrected chi connectivity index (χ3v) is 11.8. The van der Waals surface area contributed by atoms with Gasteiger partial charge in [-0.2, -0.15) is 0 Å². The zero-order valence-corrected chi connectivity index (χ0v) is 28.3. The maximum absolute atomic E-state index is 2.50. The molecule has 1 aromatic heterocycles. The van der Waals surface area contributed by atoms with Crippen molar-refractivity contribution in [3.05, 3.63) is 175 Å². The Kier molecular flexibility index (Phi) is 6.16. The fourth-order valence-electron chi connectivity index (χ4n) is 8.22. The number of nitrogens with zero attached hydrogens (tertiary/aromatic N) is 1. The lowest BCUT2D eigenvalue weighted by molar-refractivity contribution is 0.660. The first kappa shape index (κ1) is 28.3. The van der Waals surface area contributed by atoms with Gasteiger partial charge in [-0.3, -0.25) is 0 Å². The molecule has 0 saturated heterocycles. The van der Waals surface area contributed by atoms with Gasteiger partial charge in [0.05, 0.1) is 5.69 Å². The van der Waals surface area contributed by atoms with Crippen LogP contribution in [0.5, 0.6) is 0 Å². The minimum Gasteiger partial charge on any atom is -0.310 e. The molecule has 8 aromatic carbocycles. The Hall–Kier alpha value is -5.70. The summed E-state index contributed by atoms with van der Waals surface area (Å²) in [6, 6.07) is 60.8. The van der Waals surface area contributed by atoms with E-state index < -0.39 is 0 Å². The summed E-state index contributed by atoms with van der Waals surface area (Å²) in [6.07, 6.45) is 0. The van der Waals surface area contributed by atoms with Crippen LogP contribution in [-0.2, 0) is 5.41 Å². The molecule has 0 atom stereocenters. The predicted molar refractivity (Wildman–Crippen MR) is 212 cm³/mol. The minimum atomic E-state index is -0.0511. The Morgan fingerprint density at radius 3 is 2.00 bits per heavy atom. The van der Waals surface area contributed by atoms with E-state index in [2.05, 4.69) is 183 Å². The predicted octanol–water partition coefficient (Wildman–Crippen LogP) is 13.8. The van der Waals surface area contributed by atoms with Gasteiger partial charge in [-0.1, -0.05) is 135 Å². The maximum atomic E-state index is 2.50. The smallest absolute Gasteiger partial charge is 0.0546 e. The maximum Gasteiger partial charge on any atom is 0.0546 e. The topological polar surface area (TPSA) is 3.24 Å². The van der Waals surface area contributed by atoms with Crippen LogP contribution in [0.25, 0.3) is 64.0 Å². The van der Waals surface area contributed by atoms with Crippen LogP contribution in [-0.4, -0.2) is 0 Å². The van der Waals surface area contributed by atoms with E-state index in [4.69, 9.17) is 0 Å². The molecule has 0 radical (unpaired) electrons. The SMILES string of the molecule is CC1(C)c2ccccc2-c2cc(N(c3ccc4c(c3)sc3ccccc34)c3ccc4ccccc4c3-c3ccc4ccccc4c3)ccc21. The van der Waals surface area contributed by atoms with Crippen LogP contribution in [0.15, 0.2) is 164 Å². The highest BCUT2D eigenvalue weighted by molar-refractivity contribution is 7.25. The Morgan fingerprint density at radius 1 is 0.449 bits per heavy atom. The molecule has 9 aromatic rings. The number of fused-ring (bicyclic) bond motifs is 8. The Bertz CT molecular complexity index is 2770. The highest BCUT2D eigenvalue weighted by atomic mass is 32.1. The van der Waals surface area contributed by atoms with E-state index in [1.54, 1.807) is 0 Å². The molecule has 0 amide bonds. The van der Waals surface area contributed by atoms with Gasteiger partial charge in [-0.25, -0.2) is 0 Å². The van der Waals surface area contributed by atoms with Gasteiger partial charge in [0.15, 0.2) is 0 Å². The average molecular weight is 644 g/mol. The van der Waals surface area contributed by atoms with Gasteiger partial charge in [0.2, 0.25) is 0 Å². The van der Waals surface area contributed by atoms with Gasteiger partial charge in [0.1, 0.15) is 0 Å². The molecule has 1 heterocycles. The number of anilines is 3. The molecule has 0 N–H and O–H groups in total. The third kappa shape index (κ3) is 4.31. The van der Waals surface area contributed by atoms with Crippen molar-refractivity contribution in [3.8, 4) is 22.3 Å². The second-order valence-electron chi connectivity index (χ2n) is 13.8. The van der Waals surface area contributed by atoms with Crippen molar-refractivity contribution in [2.75, 3.05) is 4.90 Å². The summed E-state index contributed by atoms with van der Waals surface area (Å²) in [6.45, 7) is 4.71. The van der Waals surface area contributed by atoms with E-state index in [9.17, 15) is 0 Å². The first-order chi connectivity index (χ1) is 24.0. The molecule has 1 aliphatic rings. The quantitative estimate of drug-likeness (QED) is 0.184. The van der Waals surface area contributed by atoms with Crippen molar-refractivity contribution in [2.45, 2.75) is 19.3 Å². The van der Waals surface area contributed by atoms with Gasteiger partial charge in [0, 0.05) is 42.5 Å². The molecule has 232 valence electrons. The molecule has 1 nitrogen and oxygen atoms in total. The first-order valence-corrected chi connectivity index (χ1v) is 17.8. The number of rotatable bonds is 4. The first-order valence-electron chi connectivity index (χ1n) is 17.0. The van der Waals surface area contributed by atoms with Crippen molar-refractivity contribution in [3.63, 3.8) is 0 Å². The van der Waals surface area contributed by atoms with Crippen LogP contribution >= 0.6 is 11.3 Å². The fraction of sp³-hybridized carbons (Fsp3) is 0.0638. The van der Waals surface area contributed by atoms with Crippen LogP contribution in [0, 0.1) is 0 Å². The number of hydrogen-bond acceptors (Lipinski definition) is 2. The summed E-state index contributed by atoms with van der Waals surface area (Å²) < 4.78 is 2.62. The van der Waals surface area contributed by atoms with Gasteiger partial charge >= 0.3 is 0 Å². The fourth-order valence-corrected chi connectivity index (χ4v) is 9.36. The monoisotopic (exact) mass is 643 g/mol. The van der Waals surface area contributed by atoms with Crippen molar-refractivity contribution >= 4 is 70.1 Å². The van der Waals surface area contributed by atoms with Crippen LogP contribution in [0.4, 0.5) is 17.1 Å². The number of hydrogen-bond donors (Lipinski definition) is 0. The molecule has 0 aliphatic heterocycles. The number of thiophene rings is 1. The molecule has 0 bridgehead atoms. The summed E-state index contributed by atoms with van der Waals surface area (Å²) in [7, 11) is 0.